The summed E-state index contributed by atoms with van der Waals surface area (Å²) in [5, 5.41) is 0.735. The molecule has 0 atom stereocenters. The lowest BCUT2D eigenvalue weighted by molar-refractivity contribution is 0.253. The molecule has 0 unspecified atom stereocenters. The van der Waals surface area contributed by atoms with E-state index in [9.17, 15) is 13.2 Å². The van der Waals surface area contributed by atoms with Crippen molar-refractivity contribution >= 4 is 20.9 Å². The molecular weight excluding hydrogens is 312 g/mol. The molecule has 1 aliphatic carbocycles. The van der Waals surface area contributed by atoms with Gasteiger partial charge in [-0.1, -0.05) is 0 Å². The van der Waals surface area contributed by atoms with Crippen LogP contribution in [0.15, 0.2) is 40.0 Å². The van der Waals surface area contributed by atoms with Crippen LogP contribution in [0.2, 0.25) is 0 Å². The maximum atomic E-state index is 12.8. The van der Waals surface area contributed by atoms with Gasteiger partial charge >= 0.3 is 0 Å². The van der Waals surface area contributed by atoms with Crippen LogP contribution in [0.1, 0.15) is 25.7 Å². The van der Waals surface area contributed by atoms with Gasteiger partial charge in [0, 0.05) is 24.7 Å². The van der Waals surface area contributed by atoms with Crippen molar-refractivity contribution in [1.29, 1.82) is 0 Å². The van der Waals surface area contributed by atoms with Crippen molar-refractivity contribution in [3.05, 3.63) is 40.7 Å². The lowest BCUT2D eigenvalue weighted by Crippen LogP contribution is -2.38. The van der Waals surface area contributed by atoms with E-state index in [0.717, 1.165) is 24.1 Å². The number of H-pyrrole nitrogens is 1. The van der Waals surface area contributed by atoms with Gasteiger partial charge in [-0.25, -0.2) is 8.42 Å². The molecule has 2 aliphatic rings. The number of aromatic nitrogens is 1. The second kappa shape index (κ2) is 5.46. The molecule has 1 aromatic carbocycles. The SMILES string of the molecule is O=c1ccc2cc(S(=O)(=O)N3CCC(C4CC4)CC3)ccc2[nH]1. The van der Waals surface area contributed by atoms with Gasteiger partial charge in [0.1, 0.15) is 0 Å². The number of nitrogens with one attached hydrogen (secondary N) is 1. The standard InChI is InChI=1S/C17H20N2O3S/c20-17-6-3-14-11-15(4-5-16(14)18-17)23(21,22)19-9-7-13(8-10-19)12-1-2-12/h3-6,11-13H,1-2,7-10H2,(H,18,20). The van der Waals surface area contributed by atoms with Gasteiger partial charge in [0.2, 0.25) is 15.6 Å². The molecule has 6 heteroatoms. The fourth-order valence-corrected chi connectivity index (χ4v) is 5.10. The van der Waals surface area contributed by atoms with E-state index in [4.69, 9.17) is 0 Å². The molecule has 1 N–H and O–H groups in total. The summed E-state index contributed by atoms with van der Waals surface area (Å²) in [6.07, 6.45) is 4.59. The molecule has 1 aromatic heterocycles. The van der Waals surface area contributed by atoms with Crippen molar-refractivity contribution in [2.24, 2.45) is 11.8 Å². The number of aromatic amines is 1. The van der Waals surface area contributed by atoms with E-state index < -0.39 is 10.0 Å². The molecule has 0 amide bonds. The molecule has 0 spiro atoms. The molecule has 23 heavy (non-hydrogen) atoms. The topological polar surface area (TPSA) is 70.2 Å². The van der Waals surface area contributed by atoms with Gasteiger partial charge in [0.05, 0.1) is 4.90 Å². The molecule has 2 aromatic rings. The molecule has 1 saturated heterocycles. The Morgan fingerprint density at radius 2 is 1.65 bits per heavy atom. The maximum Gasteiger partial charge on any atom is 0.248 e. The first-order chi connectivity index (χ1) is 11.0. The summed E-state index contributed by atoms with van der Waals surface area (Å²) in [6, 6.07) is 7.97. The number of sulfonamides is 1. The monoisotopic (exact) mass is 332 g/mol. The van der Waals surface area contributed by atoms with E-state index in [2.05, 4.69) is 4.98 Å². The minimum atomic E-state index is -3.45. The van der Waals surface area contributed by atoms with Crippen molar-refractivity contribution in [3.63, 3.8) is 0 Å². The predicted octanol–water partition coefficient (Wildman–Crippen LogP) is 2.34. The Bertz CT molecular complexity index is 891. The Labute approximate surface area is 135 Å². The minimum absolute atomic E-state index is 0.185. The molecule has 0 radical (unpaired) electrons. The zero-order valence-corrected chi connectivity index (χ0v) is 13.7. The highest BCUT2D eigenvalue weighted by Gasteiger charge is 2.36. The summed E-state index contributed by atoms with van der Waals surface area (Å²) < 4.78 is 27.3. The summed E-state index contributed by atoms with van der Waals surface area (Å²) in [5.41, 5.74) is 0.471. The van der Waals surface area contributed by atoms with Crippen LogP contribution < -0.4 is 5.56 Å². The maximum absolute atomic E-state index is 12.8. The number of rotatable bonds is 3. The first-order valence-electron chi connectivity index (χ1n) is 8.17. The highest BCUT2D eigenvalue weighted by atomic mass is 32.2. The Kier molecular flexibility index (Phi) is 3.54. The van der Waals surface area contributed by atoms with Crippen molar-refractivity contribution in [1.82, 2.24) is 9.29 Å². The van der Waals surface area contributed by atoms with Crippen LogP contribution in [0.5, 0.6) is 0 Å². The van der Waals surface area contributed by atoms with Crippen LogP contribution in [-0.2, 0) is 10.0 Å². The Morgan fingerprint density at radius 3 is 2.35 bits per heavy atom. The third-order valence-corrected chi connectivity index (χ3v) is 7.01. The summed E-state index contributed by atoms with van der Waals surface area (Å²) in [4.78, 5) is 14.3. The molecule has 0 bridgehead atoms. The smallest absolute Gasteiger partial charge is 0.248 e. The van der Waals surface area contributed by atoms with Crippen LogP contribution in [-0.4, -0.2) is 30.8 Å². The fourth-order valence-electron chi connectivity index (χ4n) is 3.60. The normalized spacial score (nSPS) is 20.9. The van der Waals surface area contributed by atoms with Crippen LogP contribution in [0.25, 0.3) is 10.9 Å². The molecule has 1 saturated carbocycles. The lowest BCUT2D eigenvalue weighted by atomic mass is 9.93. The Hall–Kier alpha value is -1.66. The van der Waals surface area contributed by atoms with Crippen LogP contribution >= 0.6 is 0 Å². The van der Waals surface area contributed by atoms with Crippen molar-refractivity contribution in [3.8, 4) is 0 Å². The molecular formula is C17H20N2O3S. The van der Waals surface area contributed by atoms with Gasteiger partial charge in [0.15, 0.2) is 0 Å². The number of pyridine rings is 1. The summed E-state index contributed by atoms with van der Waals surface area (Å²) in [6.45, 7) is 1.24. The Morgan fingerprint density at radius 1 is 0.957 bits per heavy atom. The van der Waals surface area contributed by atoms with Crippen molar-refractivity contribution in [2.45, 2.75) is 30.6 Å². The quantitative estimate of drug-likeness (QED) is 0.938. The zero-order chi connectivity index (χ0) is 16.0. The summed E-state index contributed by atoms with van der Waals surface area (Å²) >= 11 is 0. The lowest BCUT2D eigenvalue weighted by Gasteiger charge is -2.31. The van der Waals surface area contributed by atoms with Gasteiger partial charge < -0.3 is 4.98 Å². The predicted molar refractivity (Wildman–Crippen MR) is 88.8 cm³/mol. The van der Waals surface area contributed by atoms with Gasteiger partial charge in [-0.3, -0.25) is 4.79 Å². The van der Waals surface area contributed by atoms with Crippen molar-refractivity contribution in [2.75, 3.05) is 13.1 Å². The number of nitrogens with zero attached hydrogens (tertiary/aromatic N) is 1. The molecule has 4 rings (SSSR count). The largest absolute Gasteiger partial charge is 0.322 e. The van der Waals surface area contributed by atoms with E-state index >= 15 is 0 Å². The van der Waals surface area contributed by atoms with Crippen LogP contribution in [0.3, 0.4) is 0 Å². The molecule has 2 fully saturated rings. The van der Waals surface area contributed by atoms with E-state index in [1.54, 1.807) is 28.6 Å². The van der Waals surface area contributed by atoms with Crippen LogP contribution in [0.4, 0.5) is 0 Å². The highest BCUT2D eigenvalue weighted by Crippen LogP contribution is 2.42. The van der Waals surface area contributed by atoms with Crippen LogP contribution in [0, 0.1) is 11.8 Å². The second-order valence-electron chi connectivity index (χ2n) is 6.65. The fraction of sp³-hybridized carbons (Fsp3) is 0.471. The third kappa shape index (κ3) is 2.81. The Balaban J connectivity index is 1.60. The number of benzene rings is 1. The van der Waals surface area contributed by atoms with Crippen molar-refractivity contribution < 1.29 is 8.42 Å². The van der Waals surface area contributed by atoms with E-state index in [1.165, 1.54) is 18.9 Å². The first-order valence-corrected chi connectivity index (χ1v) is 9.61. The van der Waals surface area contributed by atoms with Gasteiger partial charge in [0.25, 0.3) is 0 Å². The van der Waals surface area contributed by atoms with E-state index in [0.29, 0.717) is 29.4 Å². The van der Waals surface area contributed by atoms with E-state index in [-0.39, 0.29) is 5.56 Å². The summed E-state index contributed by atoms with van der Waals surface area (Å²) in [5.74, 6) is 1.56. The van der Waals surface area contributed by atoms with E-state index in [1.807, 2.05) is 0 Å². The average Bonchev–Trinajstić information content (AvgIpc) is 3.39. The molecule has 122 valence electrons. The molecule has 1 aliphatic heterocycles. The van der Waals surface area contributed by atoms with Gasteiger partial charge in [-0.2, -0.15) is 4.31 Å². The van der Waals surface area contributed by atoms with Gasteiger partial charge in [-0.05, 0) is 67.2 Å². The zero-order valence-electron chi connectivity index (χ0n) is 12.9. The number of piperidine rings is 1. The summed E-state index contributed by atoms with van der Waals surface area (Å²) in [7, 11) is -3.45. The number of hydrogen-bond acceptors (Lipinski definition) is 3. The second-order valence-corrected chi connectivity index (χ2v) is 8.59. The third-order valence-electron chi connectivity index (χ3n) is 5.12. The number of hydrogen-bond donors (Lipinski definition) is 1. The number of fused-ring (bicyclic) bond motifs is 1. The van der Waals surface area contributed by atoms with Gasteiger partial charge in [-0.15, -0.1) is 0 Å². The average molecular weight is 332 g/mol. The highest BCUT2D eigenvalue weighted by molar-refractivity contribution is 7.89. The molecule has 5 nitrogen and oxygen atoms in total. The molecule has 2 heterocycles. The minimum Gasteiger partial charge on any atom is -0.322 e. The first kappa shape index (κ1) is 14.9.